The van der Waals surface area contributed by atoms with Crippen LogP contribution in [0, 0.1) is 45.3 Å². The zero-order chi connectivity index (χ0) is 23.4. The smallest absolute Gasteiger partial charge is 0.156 e. The van der Waals surface area contributed by atoms with Crippen molar-refractivity contribution in [3.8, 4) is 0 Å². The van der Waals surface area contributed by atoms with Crippen molar-refractivity contribution in [1.29, 1.82) is 0 Å². The number of nitrogens with zero attached hydrogens (tertiary/aromatic N) is 2. The monoisotopic (exact) mass is 474 g/mol. The van der Waals surface area contributed by atoms with Crippen LogP contribution >= 0.6 is 0 Å². The first-order valence-electron chi connectivity index (χ1n) is 14.9. The minimum Gasteiger partial charge on any atom is -0.358 e. The molecule has 4 nitrogen and oxygen atoms in total. The molecule has 0 amide bonds. The predicted octanol–water partition coefficient (Wildman–Crippen LogP) is 4.81. The van der Waals surface area contributed by atoms with Gasteiger partial charge in [-0.1, -0.05) is 31.1 Å². The SMILES string of the molecule is CN1CC[C@]2(CC3=C[C@@]45CC[C@@H]6[C@@]7(C)CCC[C@@]68[C@@H]4C[C@@H]3C[C@@H]5[C@@]83OCCN3C7)C=CC(=O)C[C@H]12. The van der Waals surface area contributed by atoms with E-state index in [9.17, 15) is 4.79 Å². The maximum absolute atomic E-state index is 12.3. The van der Waals surface area contributed by atoms with Crippen LogP contribution in [0.3, 0.4) is 0 Å². The first kappa shape index (κ1) is 21.0. The molecule has 0 aromatic carbocycles. The van der Waals surface area contributed by atoms with Crippen LogP contribution < -0.4 is 0 Å². The van der Waals surface area contributed by atoms with Crippen molar-refractivity contribution in [3.05, 3.63) is 23.8 Å². The van der Waals surface area contributed by atoms with Gasteiger partial charge in [-0.25, -0.2) is 0 Å². The van der Waals surface area contributed by atoms with Crippen LogP contribution in [0.1, 0.15) is 71.1 Å². The highest BCUT2D eigenvalue weighted by Gasteiger charge is 2.86. The number of likely N-dealkylation sites (tertiary alicyclic amines) is 1. The molecule has 3 saturated heterocycles. The number of ether oxygens (including phenoxy) is 1. The van der Waals surface area contributed by atoms with E-state index in [0.717, 1.165) is 37.3 Å². The Labute approximate surface area is 210 Å². The van der Waals surface area contributed by atoms with Gasteiger partial charge in [0.15, 0.2) is 5.78 Å². The van der Waals surface area contributed by atoms with E-state index in [1.165, 1.54) is 70.9 Å². The molecule has 10 atom stereocenters. The van der Waals surface area contributed by atoms with Crippen molar-refractivity contribution in [2.24, 2.45) is 45.3 Å². The number of fused-ring (bicyclic) bond motifs is 1. The van der Waals surface area contributed by atoms with Gasteiger partial charge in [0.1, 0.15) is 5.72 Å². The molecule has 0 N–H and O–H groups in total. The van der Waals surface area contributed by atoms with E-state index >= 15 is 0 Å². The lowest BCUT2D eigenvalue weighted by atomic mass is 9.40. The summed E-state index contributed by atoms with van der Waals surface area (Å²) in [5, 5.41) is 0. The number of hydrogen-bond donors (Lipinski definition) is 0. The third-order valence-electron chi connectivity index (χ3n) is 14.1. The van der Waals surface area contributed by atoms with Crippen molar-refractivity contribution in [3.63, 3.8) is 0 Å². The molecule has 35 heavy (non-hydrogen) atoms. The average Bonchev–Trinajstić information content (AvgIpc) is 3.40. The fourth-order valence-electron chi connectivity index (χ4n) is 13.3. The molecule has 0 unspecified atom stereocenters. The Hall–Kier alpha value is -0.970. The van der Waals surface area contributed by atoms with E-state index in [2.05, 4.69) is 35.9 Å². The molecule has 10 rings (SSSR count). The molecule has 10 aliphatic rings. The van der Waals surface area contributed by atoms with Gasteiger partial charge in [0.2, 0.25) is 0 Å². The number of carbonyl (C=O) groups is 1. The highest BCUT2D eigenvalue weighted by Crippen LogP contribution is 2.86. The Balaban J connectivity index is 1.18. The number of allylic oxidation sites excluding steroid dienone is 3. The second-order valence-corrected chi connectivity index (χ2v) is 14.9. The molecule has 188 valence electrons. The summed E-state index contributed by atoms with van der Waals surface area (Å²) in [5.74, 6) is 3.49. The molecule has 3 spiro atoms. The van der Waals surface area contributed by atoms with Crippen molar-refractivity contribution in [2.75, 3.05) is 33.3 Å². The van der Waals surface area contributed by atoms with E-state index in [4.69, 9.17) is 4.74 Å². The van der Waals surface area contributed by atoms with Crippen LogP contribution in [0.15, 0.2) is 23.8 Å². The zero-order valence-corrected chi connectivity index (χ0v) is 21.7. The lowest BCUT2D eigenvalue weighted by Crippen LogP contribution is -2.71. The summed E-state index contributed by atoms with van der Waals surface area (Å²) in [5.41, 5.74) is 3.28. The largest absolute Gasteiger partial charge is 0.358 e. The molecule has 3 heterocycles. The van der Waals surface area contributed by atoms with Crippen LogP contribution in [-0.4, -0.2) is 60.6 Å². The fraction of sp³-hybridized carbons (Fsp3) is 0.839. The van der Waals surface area contributed by atoms with Gasteiger partial charge < -0.3 is 9.64 Å². The zero-order valence-electron chi connectivity index (χ0n) is 21.7. The summed E-state index contributed by atoms with van der Waals surface area (Å²) in [6.07, 6.45) is 20.2. The van der Waals surface area contributed by atoms with Crippen molar-refractivity contribution >= 4 is 5.78 Å². The Kier molecular flexibility index (Phi) is 3.71. The van der Waals surface area contributed by atoms with Crippen LogP contribution in [-0.2, 0) is 9.53 Å². The van der Waals surface area contributed by atoms with Gasteiger partial charge in [0.25, 0.3) is 0 Å². The van der Waals surface area contributed by atoms with Gasteiger partial charge >= 0.3 is 0 Å². The molecule has 7 fully saturated rings. The standard InChI is InChI=1S/C31H42N2O2/c1-27-6-3-7-30-23(27)5-9-29-18-21(17-28-8-4-22(34)16-26(28)32(2)11-10-28)20(14-24(29)30)15-25(29)31(30)33(19-27)12-13-35-31/h4,8,18,20,23-26H,3,5-7,9-17,19H2,1-2H3/t20-,23-,24-,25+,26+,27+,28+,29+,30+,31-/m1/s1. The molecule has 3 aliphatic heterocycles. The van der Waals surface area contributed by atoms with Crippen molar-refractivity contribution in [2.45, 2.75) is 82.9 Å². The van der Waals surface area contributed by atoms with Crippen LogP contribution in [0.5, 0.6) is 0 Å². The molecular formula is C31H42N2O2. The van der Waals surface area contributed by atoms with E-state index in [1.54, 1.807) is 5.57 Å². The maximum Gasteiger partial charge on any atom is 0.156 e. The van der Waals surface area contributed by atoms with Gasteiger partial charge in [-0.3, -0.25) is 9.69 Å². The lowest BCUT2D eigenvalue weighted by molar-refractivity contribution is -0.279. The molecule has 0 aromatic heterocycles. The van der Waals surface area contributed by atoms with E-state index in [-0.39, 0.29) is 11.1 Å². The third-order valence-corrected chi connectivity index (χ3v) is 14.1. The average molecular weight is 475 g/mol. The number of carbonyl (C=O) groups excluding carboxylic acids is 1. The Morgan fingerprint density at radius 1 is 1.09 bits per heavy atom. The molecule has 7 aliphatic carbocycles. The summed E-state index contributed by atoms with van der Waals surface area (Å²) in [6.45, 7) is 7.20. The summed E-state index contributed by atoms with van der Waals surface area (Å²) in [4.78, 5) is 17.7. The molecule has 4 saturated carbocycles. The van der Waals surface area contributed by atoms with E-state index < -0.39 is 0 Å². The first-order valence-corrected chi connectivity index (χ1v) is 14.9. The first-order chi connectivity index (χ1) is 16.9. The summed E-state index contributed by atoms with van der Waals surface area (Å²) >= 11 is 0. The molecule has 4 heteroatoms. The predicted molar refractivity (Wildman–Crippen MR) is 134 cm³/mol. The molecule has 0 aromatic rings. The van der Waals surface area contributed by atoms with E-state index in [0.29, 0.717) is 34.0 Å². The van der Waals surface area contributed by atoms with Crippen LogP contribution in [0.2, 0.25) is 0 Å². The molecule has 6 bridgehead atoms. The summed E-state index contributed by atoms with van der Waals surface area (Å²) < 4.78 is 7.15. The Morgan fingerprint density at radius 2 is 1.97 bits per heavy atom. The molecular weight excluding hydrogens is 432 g/mol. The van der Waals surface area contributed by atoms with Crippen molar-refractivity contribution < 1.29 is 9.53 Å². The summed E-state index contributed by atoms with van der Waals surface area (Å²) in [6, 6.07) is 0.402. The Bertz CT molecular complexity index is 1100. The number of ketones is 1. The fourth-order valence-corrected chi connectivity index (χ4v) is 13.3. The minimum atomic E-state index is 0.0428. The van der Waals surface area contributed by atoms with Gasteiger partial charge in [0.05, 0.1) is 6.61 Å². The summed E-state index contributed by atoms with van der Waals surface area (Å²) in [7, 11) is 2.25. The molecule has 0 radical (unpaired) electrons. The minimum absolute atomic E-state index is 0.0428. The second-order valence-electron chi connectivity index (χ2n) is 14.9. The Morgan fingerprint density at radius 3 is 2.89 bits per heavy atom. The number of hydrogen-bond acceptors (Lipinski definition) is 4. The van der Waals surface area contributed by atoms with Crippen LogP contribution in [0.25, 0.3) is 0 Å². The highest BCUT2D eigenvalue weighted by atomic mass is 16.5. The third kappa shape index (κ3) is 2.07. The van der Waals surface area contributed by atoms with E-state index in [1.807, 2.05) is 6.08 Å². The highest BCUT2D eigenvalue weighted by molar-refractivity contribution is 5.91. The second kappa shape index (κ2) is 6.18. The van der Waals surface area contributed by atoms with Gasteiger partial charge in [-0.2, -0.15) is 0 Å². The maximum atomic E-state index is 12.3. The normalized spacial score (nSPS) is 59.5. The van der Waals surface area contributed by atoms with Gasteiger partial charge in [0, 0.05) is 42.3 Å². The topological polar surface area (TPSA) is 32.8 Å². The van der Waals surface area contributed by atoms with Gasteiger partial charge in [-0.15, -0.1) is 0 Å². The van der Waals surface area contributed by atoms with Gasteiger partial charge in [-0.05, 0) is 99.6 Å². The van der Waals surface area contributed by atoms with Crippen molar-refractivity contribution in [1.82, 2.24) is 9.80 Å². The number of rotatable bonds is 2. The quantitative estimate of drug-likeness (QED) is 0.538. The van der Waals surface area contributed by atoms with Crippen LogP contribution in [0.4, 0.5) is 0 Å². The lowest BCUT2D eigenvalue weighted by Gasteiger charge is -2.68. The number of piperidine rings is 1.